The van der Waals surface area contributed by atoms with E-state index in [1.807, 2.05) is 0 Å². The quantitative estimate of drug-likeness (QED) is 0.813. The minimum Gasteiger partial charge on any atom is -0.463 e. The van der Waals surface area contributed by atoms with E-state index >= 15 is 0 Å². The van der Waals surface area contributed by atoms with Gasteiger partial charge in [-0.3, -0.25) is 4.72 Å². The number of esters is 1. The van der Waals surface area contributed by atoms with Crippen molar-refractivity contribution < 1.29 is 27.9 Å². The molecule has 2 rings (SSSR count). The van der Waals surface area contributed by atoms with Crippen molar-refractivity contribution in [1.82, 2.24) is 0 Å². The van der Waals surface area contributed by atoms with Crippen molar-refractivity contribution in [2.75, 3.05) is 11.3 Å². The highest BCUT2D eigenvalue weighted by molar-refractivity contribution is 7.93. The summed E-state index contributed by atoms with van der Waals surface area (Å²) in [6.07, 6.45) is -2.27. The van der Waals surface area contributed by atoms with Crippen molar-refractivity contribution in [2.24, 2.45) is 0 Å². The normalized spacial score (nSPS) is 26.1. The summed E-state index contributed by atoms with van der Waals surface area (Å²) in [5.41, 5.74) is -1.01. The van der Waals surface area contributed by atoms with E-state index in [-0.39, 0.29) is 17.7 Å². The Morgan fingerprint density at radius 1 is 1.65 bits per heavy atom. The number of carbonyl (C=O) groups excluding carboxylic acids is 1. The van der Waals surface area contributed by atoms with Crippen LogP contribution in [0.5, 0.6) is 0 Å². The van der Waals surface area contributed by atoms with E-state index in [1.54, 1.807) is 0 Å². The van der Waals surface area contributed by atoms with Crippen molar-refractivity contribution >= 4 is 33.3 Å². The highest BCUT2D eigenvalue weighted by Crippen LogP contribution is 2.30. The van der Waals surface area contributed by atoms with Crippen LogP contribution < -0.4 is 4.72 Å². The number of halogens is 2. The molecule has 1 aliphatic rings. The van der Waals surface area contributed by atoms with Gasteiger partial charge >= 0.3 is 5.97 Å². The van der Waals surface area contributed by atoms with Gasteiger partial charge in [-0.25, -0.2) is 17.6 Å². The van der Waals surface area contributed by atoms with Crippen molar-refractivity contribution in [3.8, 4) is 0 Å². The van der Waals surface area contributed by atoms with E-state index in [2.05, 4.69) is 0 Å². The lowest BCUT2D eigenvalue weighted by Crippen LogP contribution is -2.34. The van der Waals surface area contributed by atoms with Crippen LogP contribution in [0.3, 0.4) is 0 Å². The van der Waals surface area contributed by atoms with Gasteiger partial charge in [-0.1, -0.05) is 17.7 Å². The molecule has 0 amide bonds. The third-order valence-electron chi connectivity index (χ3n) is 2.97. The minimum absolute atomic E-state index is 0.0758. The van der Waals surface area contributed by atoms with Crippen LogP contribution in [0.2, 0.25) is 6.43 Å². The van der Waals surface area contributed by atoms with Crippen LogP contribution in [0.15, 0.2) is 29.8 Å². The standard InChI is InChI=1S/C15H17ClFNO4S/c1-2-22-15(19)11-5-3-4-6-14(11)23(20,21)18-13-8-7-10(17)9-12(13)16/h5,7-9,14,18H,2-4,6H2,1H3/t14-/m1/s1/i4D2,14D/hD. The molecule has 126 valence electrons. The van der Waals surface area contributed by atoms with Gasteiger partial charge < -0.3 is 4.74 Å². The van der Waals surface area contributed by atoms with Crippen molar-refractivity contribution in [3.63, 3.8) is 0 Å². The Labute approximate surface area is 145 Å². The predicted octanol–water partition coefficient (Wildman–Crippen LogP) is 3.26. The molecule has 8 heteroatoms. The number of benzene rings is 1. The van der Waals surface area contributed by atoms with E-state index in [9.17, 15) is 17.6 Å². The number of rotatable bonds is 5. The number of nitrogens with one attached hydrogen (secondary N) is 1. The van der Waals surface area contributed by atoms with Gasteiger partial charge in [0.05, 0.1) is 24.3 Å². The van der Waals surface area contributed by atoms with Gasteiger partial charge in [0.25, 0.3) is 0 Å². The van der Waals surface area contributed by atoms with Crippen LogP contribution in [0.25, 0.3) is 0 Å². The fourth-order valence-electron chi connectivity index (χ4n) is 1.95. The molecule has 1 aromatic rings. The molecule has 1 N–H and O–H groups in total. The fraction of sp³-hybridized carbons (Fsp3) is 0.400. The van der Waals surface area contributed by atoms with Gasteiger partial charge in [0, 0.05) is 2.74 Å². The van der Waals surface area contributed by atoms with Gasteiger partial charge in [0.15, 0.2) is 1.41 Å². The number of hydrogen-bond donors (Lipinski definition) is 1. The largest absolute Gasteiger partial charge is 0.463 e. The van der Waals surface area contributed by atoms with Crippen LogP contribution >= 0.6 is 11.6 Å². The maximum absolute atomic E-state index is 13.2. The molecular weight excluding hydrogens is 345 g/mol. The van der Waals surface area contributed by atoms with Crippen LogP contribution in [-0.2, 0) is 19.6 Å². The fourth-order valence-corrected chi connectivity index (χ4v) is 3.46. The molecule has 1 aliphatic carbocycles. The first kappa shape index (κ1) is 12.8. The average Bonchev–Trinajstić information content (AvgIpc) is 2.53. The lowest BCUT2D eigenvalue weighted by atomic mass is 9.99. The Bertz CT molecular complexity index is 896. The van der Waals surface area contributed by atoms with E-state index in [0.717, 1.165) is 24.3 Å². The maximum Gasteiger partial charge on any atom is 0.335 e. The molecule has 0 aromatic heterocycles. The summed E-state index contributed by atoms with van der Waals surface area (Å²) < 4.78 is 76.1. The SMILES string of the molecule is [2H]N(c1ccc(F)cc1Cl)S(=O)(=O)[C@]1([2H])CC([2H])([2H])CC=C1C(=O)OCC. The summed E-state index contributed by atoms with van der Waals surface area (Å²) >= 11 is 5.81. The molecule has 0 bridgehead atoms. The molecule has 1 atom stereocenters. The van der Waals surface area contributed by atoms with Crippen molar-refractivity contribution in [2.45, 2.75) is 31.4 Å². The first-order chi connectivity index (χ1) is 12.4. The van der Waals surface area contributed by atoms with E-state index in [1.165, 1.54) is 6.92 Å². The second-order valence-electron chi connectivity index (χ2n) is 4.55. The van der Waals surface area contributed by atoms with Crippen molar-refractivity contribution in [1.29, 1.82) is 0 Å². The minimum atomic E-state index is -4.98. The Balaban J connectivity index is 2.59. The molecule has 0 radical (unpaired) electrons. The Hall–Kier alpha value is -1.60. The lowest BCUT2D eigenvalue weighted by molar-refractivity contribution is -0.138. The first-order valence-electron chi connectivity index (χ1n) is 8.67. The molecule has 1 aromatic carbocycles. The molecule has 5 nitrogen and oxygen atoms in total. The first-order valence-corrected chi connectivity index (χ1v) is 8.54. The molecule has 0 spiro atoms. The number of carbonyl (C=O) groups is 1. The van der Waals surface area contributed by atoms with Gasteiger partial charge in [0.2, 0.25) is 10.0 Å². The van der Waals surface area contributed by atoms with Crippen molar-refractivity contribution in [3.05, 3.63) is 40.7 Å². The second-order valence-corrected chi connectivity index (χ2v) is 6.59. The molecular formula is C15H17ClFNO4S. The van der Waals surface area contributed by atoms with Gasteiger partial charge in [-0.15, -0.1) is 0 Å². The Kier molecular flexibility index (Phi) is 4.06. The third kappa shape index (κ3) is 4.23. The number of sulfonamides is 1. The highest BCUT2D eigenvalue weighted by Gasteiger charge is 2.35. The topological polar surface area (TPSA) is 72.5 Å². The van der Waals surface area contributed by atoms with Crippen LogP contribution in [0.4, 0.5) is 10.1 Å². The van der Waals surface area contributed by atoms with E-state index in [4.69, 9.17) is 21.9 Å². The highest BCUT2D eigenvalue weighted by atomic mass is 35.5. The number of ether oxygens (including phenoxy) is 1. The van der Waals surface area contributed by atoms with Gasteiger partial charge in [0.1, 0.15) is 11.0 Å². The van der Waals surface area contributed by atoms with Crippen LogP contribution in [-0.4, -0.2) is 26.2 Å². The summed E-state index contributed by atoms with van der Waals surface area (Å²) in [6.45, 7) is 1.42. The molecule has 23 heavy (non-hydrogen) atoms. The zero-order valence-electron chi connectivity index (χ0n) is 16.2. The average molecular weight is 366 g/mol. The van der Waals surface area contributed by atoms with Gasteiger partial charge in [-0.2, -0.15) is 0 Å². The molecule has 0 saturated heterocycles. The smallest absolute Gasteiger partial charge is 0.335 e. The maximum atomic E-state index is 13.2. The summed E-state index contributed by atoms with van der Waals surface area (Å²) in [6, 6.07) is 2.63. The van der Waals surface area contributed by atoms with E-state index in [0.29, 0.717) is 0 Å². The molecule has 0 aliphatic heterocycles. The number of hydrogen-bond acceptors (Lipinski definition) is 4. The Morgan fingerprint density at radius 2 is 2.39 bits per heavy atom. The zero-order chi connectivity index (χ0) is 20.6. The second kappa shape index (κ2) is 7.31. The zero-order valence-corrected chi connectivity index (χ0v) is 13.7. The number of anilines is 1. The van der Waals surface area contributed by atoms with E-state index < -0.39 is 56.1 Å². The lowest BCUT2D eigenvalue weighted by Gasteiger charge is -2.24. The molecule has 0 heterocycles. The summed E-state index contributed by atoms with van der Waals surface area (Å²) in [5.74, 6) is -1.83. The van der Waals surface area contributed by atoms with Crippen LogP contribution in [0.1, 0.15) is 30.3 Å². The summed E-state index contributed by atoms with van der Waals surface area (Å²) in [4.78, 5) is 12.2. The van der Waals surface area contributed by atoms with Crippen LogP contribution in [0, 0.1) is 5.82 Å². The number of allylic oxidation sites excluding steroid dienone is 1. The summed E-state index contributed by atoms with van der Waals surface area (Å²) in [7, 11) is -4.98. The molecule has 0 unspecified atom stereocenters. The summed E-state index contributed by atoms with van der Waals surface area (Å²) in [5, 5.41) is -3.21. The Morgan fingerprint density at radius 3 is 3.04 bits per heavy atom. The third-order valence-corrected chi connectivity index (χ3v) is 4.70. The van der Waals surface area contributed by atoms with Gasteiger partial charge in [-0.05, 0) is 44.3 Å². The molecule has 0 saturated carbocycles. The predicted molar refractivity (Wildman–Crippen MR) is 86.3 cm³/mol. The molecule has 0 fully saturated rings. The monoisotopic (exact) mass is 365 g/mol.